The molecule has 0 fully saturated rings. The third-order valence-electron chi connectivity index (χ3n) is 7.26. The third kappa shape index (κ3) is 10.1. The van der Waals surface area contributed by atoms with Crippen LogP contribution in [0.3, 0.4) is 0 Å². The van der Waals surface area contributed by atoms with Crippen molar-refractivity contribution >= 4 is 33.6 Å². The van der Waals surface area contributed by atoms with Crippen LogP contribution in [0.15, 0.2) is 91.0 Å². The van der Waals surface area contributed by atoms with Crippen LogP contribution < -0.4 is 5.32 Å². The Morgan fingerprint density at radius 2 is 0.974 bits per heavy atom. The second-order valence-electron chi connectivity index (χ2n) is 10.9. The number of thioether (sulfide) groups is 1. The molecule has 0 aliphatic heterocycles. The summed E-state index contributed by atoms with van der Waals surface area (Å²) in [5.74, 6) is 1.22. The first-order valence-corrected chi connectivity index (χ1v) is 16.5. The molecule has 4 heteroatoms. The molecule has 3 aromatic carbocycles. The van der Waals surface area contributed by atoms with Crippen molar-refractivity contribution in [3.63, 3.8) is 0 Å². The number of hydrogen-bond acceptors (Lipinski definition) is 2. The molecule has 39 heavy (non-hydrogen) atoms. The van der Waals surface area contributed by atoms with E-state index < -0.39 is 4.32 Å². The maximum Gasteiger partial charge on any atom is 0.236 e. The van der Waals surface area contributed by atoms with Crippen molar-refractivity contribution in [1.82, 2.24) is 5.32 Å². The highest BCUT2D eigenvalue weighted by molar-refractivity contribution is 9.10. The predicted octanol–water partition coefficient (Wildman–Crippen LogP) is 9.90. The van der Waals surface area contributed by atoms with Gasteiger partial charge in [0, 0.05) is 6.54 Å². The average Bonchev–Trinajstić information content (AvgIpc) is 2.96. The Balaban J connectivity index is 1.39. The first kappa shape index (κ1) is 31.5. The highest BCUT2D eigenvalue weighted by atomic mass is 79.9. The molecule has 3 aromatic rings. The van der Waals surface area contributed by atoms with E-state index in [4.69, 9.17) is 0 Å². The van der Waals surface area contributed by atoms with Gasteiger partial charge in [-0.3, -0.25) is 4.79 Å². The lowest BCUT2D eigenvalue weighted by atomic mass is 9.84. The van der Waals surface area contributed by atoms with Crippen molar-refractivity contribution in [2.75, 3.05) is 12.3 Å². The van der Waals surface area contributed by atoms with Gasteiger partial charge in [-0.25, -0.2) is 0 Å². The molecule has 0 saturated carbocycles. The third-order valence-corrected chi connectivity index (χ3v) is 9.25. The van der Waals surface area contributed by atoms with Gasteiger partial charge in [0.15, 0.2) is 0 Å². The van der Waals surface area contributed by atoms with Crippen molar-refractivity contribution in [3.8, 4) is 0 Å². The Morgan fingerprint density at radius 1 is 0.615 bits per heavy atom. The first-order chi connectivity index (χ1) is 18.9. The summed E-state index contributed by atoms with van der Waals surface area (Å²) in [4.78, 5) is 11.9. The van der Waals surface area contributed by atoms with E-state index in [2.05, 4.69) is 124 Å². The number of amides is 1. The van der Waals surface area contributed by atoms with Crippen LogP contribution in [0.5, 0.6) is 0 Å². The number of unbranched alkanes of at least 4 members (excludes halogenated alkanes) is 9. The van der Waals surface area contributed by atoms with Crippen LogP contribution >= 0.6 is 27.7 Å². The van der Waals surface area contributed by atoms with Gasteiger partial charge in [-0.2, -0.15) is 0 Å². The maximum absolute atomic E-state index is 11.9. The van der Waals surface area contributed by atoms with Gasteiger partial charge in [-0.1, -0.05) is 158 Å². The second-order valence-corrected chi connectivity index (χ2v) is 14.2. The van der Waals surface area contributed by atoms with E-state index >= 15 is 0 Å². The van der Waals surface area contributed by atoms with Crippen LogP contribution in [-0.2, 0) is 9.54 Å². The number of rotatable bonds is 18. The number of hydrogen-bond donors (Lipinski definition) is 1. The van der Waals surface area contributed by atoms with Gasteiger partial charge in [-0.05, 0) is 49.1 Å². The van der Waals surface area contributed by atoms with E-state index in [-0.39, 0.29) is 10.7 Å². The monoisotopic (exact) mass is 607 g/mol. The molecule has 1 N–H and O–H groups in total. The highest BCUT2D eigenvalue weighted by Gasteiger charge is 2.36. The Morgan fingerprint density at radius 3 is 1.36 bits per heavy atom. The van der Waals surface area contributed by atoms with E-state index in [0.29, 0.717) is 0 Å². The smallest absolute Gasteiger partial charge is 0.236 e. The predicted molar refractivity (Wildman–Crippen MR) is 174 cm³/mol. The Kier molecular flexibility index (Phi) is 13.7. The number of halogens is 1. The molecular formula is C35H46BrNOS. The van der Waals surface area contributed by atoms with Crippen molar-refractivity contribution in [1.29, 1.82) is 0 Å². The van der Waals surface area contributed by atoms with Crippen LogP contribution in [0.4, 0.5) is 0 Å². The zero-order valence-electron chi connectivity index (χ0n) is 23.8. The van der Waals surface area contributed by atoms with Crippen molar-refractivity contribution in [2.45, 2.75) is 87.1 Å². The van der Waals surface area contributed by atoms with Crippen LogP contribution in [0.1, 0.15) is 94.7 Å². The zero-order chi connectivity index (χ0) is 27.8. The van der Waals surface area contributed by atoms with Gasteiger partial charge in [0.1, 0.15) is 0 Å². The van der Waals surface area contributed by atoms with Crippen LogP contribution in [0.25, 0.3) is 0 Å². The van der Waals surface area contributed by atoms with Crippen molar-refractivity contribution in [2.24, 2.45) is 0 Å². The van der Waals surface area contributed by atoms with E-state index in [0.717, 1.165) is 18.7 Å². The normalized spacial score (nSPS) is 11.9. The summed E-state index contributed by atoms with van der Waals surface area (Å²) in [7, 11) is 0. The van der Waals surface area contributed by atoms with Gasteiger partial charge in [0.25, 0.3) is 0 Å². The summed E-state index contributed by atoms with van der Waals surface area (Å²) in [5, 5.41) is 3.01. The molecule has 1 amide bonds. The fourth-order valence-corrected chi connectivity index (χ4v) is 6.75. The Hall–Kier alpha value is -2.04. The number of benzene rings is 3. The van der Waals surface area contributed by atoms with Gasteiger partial charge in [-0.15, -0.1) is 11.8 Å². The Labute approximate surface area is 249 Å². The molecular weight excluding hydrogens is 562 g/mol. The second kappa shape index (κ2) is 16.9. The molecule has 3 rings (SSSR count). The molecule has 210 valence electrons. The van der Waals surface area contributed by atoms with E-state index in [9.17, 15) is 4.79 Å². The molecule has 0 atom stereocenters. The van der Waals surface area contributed by atoms with Gasteiger partial charge in [0.05, 0.1) is 9.07 Å². The highest BCUT2D eigenvalue weighted by Crippen LogP contribution is 2.48. The minimum absolute atomic E-state index is 0.0757. The number of carbonyl (C=O) groups excluding carboxylic acids is 1. The first-order valence-electron chi connectivity index (χ1n) is 14.7. The molecule has 0 radical (unpaired) electrons. The van der Waals surface area contributed by atoms with E-state index in [1.54, 1.807) is 0 Å². The molecule has 0 bridgehead atoms. The van der Waals surface area contributed by atoms with Crippen molar-refractivity contribution < 1.29 is 4.79 Å². The number of nitrogens with one attached hydrogen (secondary N) is 1. The van der Waals surface area contributed by atoms with Gasteiger partial charge >= 0.3 is 0 Å². The van der Waals surface area contributed by atoms with Gasteiger partial charge in [0.2, 0.25) is 5.91 Å². The molecule has 0 aliphatic carbocycles. The number of alkyl halides is 1. The topological polar surface area (TPSA) is 29.1 Å². The van der Waals surface area contributed by atoms with E-state index in [1.807, 2.05) is 13.8 Å². The van der Waals surface area contributed by atoms with Crippen molar-refractivity contribution in [3.05, 3.63) is 108 Å². The molecule has 0 heterocycles. The SMILES string of the molecule is CC(C)(Br)C(=O)NCCCCCCCCCCCCSC(c1ccccc1)(c1ccccc1)c1ccccc1. The quantitative estimate of drug-likeness (QED) is 0.0885. The van der Waals surface area contributed by atoms with Crippen LogP contribution in [-0.4, -0.2) is 22.5 Å². The minimum Gasteiger partial charge on any atom is -0.355 e. The molecule has 0 aliphatic rings. The standard InChI is InChI=1S/C35H46BrNOS/c1-34(2,36)33(38)37-28-20-9-7-5-3-4-6-8-10-21-29-39-35(30-22-14-11-15-23-30,31-24-16-12-17-25-31)32-26-18-13-19-27-32/h11-19,22-27H,3-10,20-21,28-29H2,1-2H3,(H,37,38). The lowest BCUT2D eigenvalue weighted by molar-refractivity contribution is -0.122. The van der Waals surface area contributed by atoms with Crippen LogP contribution in [0.2, 0.25) is 0 Å². The Bertz CT molecular complexity index is 969. The summed E-state index contributed by atoms with van der Waals surface area (Å²) >= 11 is 5.49. The number of carbonyl (C=O) groups is 1. The lowest BCUT2D eigenvalue weighted by Gasteiger charge is -2.35. The maximum atomic E-state index is 11.9. The lowest BCUT2D eigenvalue weighted by Crippen LogP contribution is -2.37. The van der Waals surface area contributed by atoms with Gasteiger partial charge < -0.3 is 5.32 Å². The summed E-state index contributed by atoms with van der Waals surface area (Å²) < 4.78 is -0.669. The average molecular weight is 609 g/mol. The fraction of sp³-hybridized carbons (Fsp3) is 0.457. The molecule has 0 spiro atoms. The molecule has 0 saturated heterocycles. The fourth-order valence-electron chi connectivity index (χ4n) is 5.05. The summed E-state index contributed by atoms with van der Waals surface area (Å²) in [5.41, 5.74) is 4.05. The summed E-state index contributed by atoms with van der Waals surface area (Å²) in [6.07, 6.45) is 12.7. The minimum atomic E-state index is -0.472. The largest absolute Gasteiger partial charge is 0.355 e. The molecule has 0 aromatic heterocycles. The summed E-state index contributed by atoms with van der Waals surface area (Å²) in [6, 6.07) is 33.0. The zero-order valence-corrected chi connectivity index (χ0v) is 26.2. The van der Waals surface area contributed by atoms with Crippen LogP contribution in [0, 0.1) is 0 Å². The summed E-state index contributed by atoms with van der Waals surface area (Å²) in [6.45, 7) is 4.55. The van der Waals surface area contributed by atoms with E-state index in [1.165, 1.54) is 74.5 Å². The molecule has 2 nitrogen and oxygen atoms in total. The molecule has 0 unspecified atom stereocenters.